The summed E-state index contributed by atoms with van der Waals surface area (Å²) in [5.41, 5.74) is 4.94. The van der Waals surface area contributed by atoms with Gasteiger partial charge in [0.25, 0.3) is 0 Å². The molecule has 0 aliphatic carbocycles. The molecule has 3 N–H and O–H groups in total. The highest BCUT2D eigenvalue weighted by Gasteiger charge is 2.35. The van der Waals surface area contributed by atoms with Crippen molar-refractivity contribution in [2.45, 2.75) is 39.5 Å². The molecule has 1 unspecified atom stereocenters. The molecule has 0 saturated carbocycles. The Kier molecular flexibility index (Phi) is 7.88. The topological polar surface area (TPSA) is 63.3 Å². The number of carboxylic acid groups (broad SMARTS) is 1. The molecule has 4 heteroatoms. The molecule has 0 aromatic heterocycles. The maximum absolute atomic E-state index is 11.2. The summed E-state index contributed by atoms with van der Waals surface area (Å²) in [4.78, 5) is 11.2. The lowest BCUT2D eigenvalue weighted by molar-refractivity contribution is -0.149. The van der Waals surface area contributed by atoms with Crippen molar-refractivity contribution >= 4 is 17.7 Å². The number of carbonyl (C=O) groups is 1. The Hall–Kier alpha value is -0.220. The van der Waals surface area contributed by atoms with E-state index in [-0.39, 0.29) is 6.54 Å². The summed E-state index contributed by atoms with van der Waals surface area (Å²) >= 11 is 1.86. The first-order valence-electron chi connectivity index (χ1n) is 5.64. The van der Waals surface area contributed by atoms with Gasteiger partial charge >= 0.3 is 5.97 Å². The van der Waals surface area contributed by atoms with Gasteiger partial charge in [0, 0.05) is 6.54 Å². The van der Waals surface area contributed by atoms with Gasteiger partial charge in [0.05, 0.1) is 5.41 Å². The first-order chi connectivity index (χ1) is 7.13. The molecule has 0 heterocycles. The summed E-state index contributed by atoms with van der Waals surface area (Å²) in [6.07, 6.45) is 3.22. The fourth-order valence-electron chi connectivity index (χ4n) is 1.77. The van der Waals surface area contributed by atoms with Crippen molar-refractivity contribution in [3.63, 3.8) is 0 Å². The van der Waals surface area contributed by atoms with E-state index in [1.54, 1.807) is 0 Å². The quantitative estimate of drug-likeness (QED) is 0.600. The van der Waals surface area contributed by atoms with Crippen molar-refractivity contribution < 1.29 is 9.90 Å². The van der Waals surface area contributed by atoms with Crippen LogP contribution in [0.5, 0.6) is 0 Å². The average molecular weight is 233 g/mol. The fourth-order valence-corrected chi connectivity index (χ4v) is 2.40. The smallest absolute Gasteiger partial charge is 0.310 e. The van der Waals surface area contributed by atoms with Gasteiger partial charge in [-0.15, -0.1) is 0 Å². The fraction of sp³-hybridized carbons (Fsp3) is 0.909. The predicted octanol–water partition coefficient (Wildman–Crippen LogP) is 2.35. The highest BCUT2D eigenvalue weighted by Crippen LogP contribution is 2.29. The van der Waals surface area contributed by atoms with E-state index in [0.717, 1.165) is 24.3 Å². The molecule has 0 spiro atoms. The van der Waals surface area contributed by atoms with Gasteiger partial charge in [0.2, 0.25) is 0 Å². The molecule has 90 valence electrons. The van der Waals surface area contributed by atoms with Crippen LogP contribution in [0.1, 0.15) is 39.5 Å². The van der Waals surface area contributed by atoms with Crippen LogP contribution in [0.15, 0.2) is 0 Å². The number of hydrogen-bond donors (Lipinski definition) is 2. The van der Waals surface area contributed by atoms with Crippen molar-refractivity contribution in [1.82, 2.24) is 0 Å². The molecule has 0 fully saturated rings. The Morgan fingerprint density at radius 1 is 1.40 bits per heavy atom. The Balaban J connectivity index is 4.16. The van der Waals surface area contributed by atoms with Gasteiger partial charge in [-0.3, -0.25) is 4.79 Å². The van der Waals surface area contributed by atoms with Crippen LogP contribution in [0.3, 0.4) is 0 Å². The zero-order chi connectivity index (χ0) is 11.7. The molecular weight excluding hydrogens is 210 g/mol. The van der Waals surface area contributed by atoms with E-state index in [1.165, 1.54) is 0 Å². The third-order valence-electron chi connectivity index (χ3n) is 2.72. The number of rotatable bonds is 9. The van der Waals surface area contributed by atoms with Gasteiger partial charge < -0.3 is 10.8 Å². The first-order valence-corrected chi connectivity index (χ1v) is 6.79. The number of thioether (sulfide) groups is 1. The zero-order valence-corrected chi connectivity index (χ0v) is 10.6. The second-order valence-corrected chi connectivity index (χ2v) is 5.23. The van der Waals surface area contributed by atoms with E-state index >= 15 is 0 Å². The number of hydrogen-bond acceptors (Lipinski definition) is 3. The molecule has 0 bridgehead atoms. The van der Waals surface area contributed by atoms with Crippen molar-refractivity contribution in [3.05, 3.63) is 0 Å². The van der Waals surface area contributed by atoms with Gasteiger partial charge in [0.15, 0.2) is 0 Å². The normalized spacial score (nSPS) is 14.9. The molecule has 0 saturated heterocycles. The highest BCUT2D eigenvalue weighted by atomic mass is 32.2. The molecule has 0 radical (unpaired) electrons. The first kappa shape index (κ1) is 14.8. The molecule has 0 aromatic carbocycles. The van der Waals surface area contributed by atoms with E-state index in [4.69, 9.17) is 5.73 Å². The summed E-state index contributed by atoms with van der Waals surface area (Å²) in [6, 6.07) is 0. The van der Waals surface area contributed by atoms with Crippen molar-refractivity contribution in [1.29, 1.82) is 0 Å². The average Bonchev–Trinajstić information content (AvgIpc) is 2.22. The molecule has 0 aromatic rings. The molecule has 0 amide bonds. The zero-order valence-electron chi connectivity index (χ0n) is 9.79. The van der Waals surface area contributed by atoms with Gasteiger partial charge in [-0.25, -0.2) is 0 Å². The van der Waals surface area contributed by atoms with Gasteiger partial charge in [0.1, 0.15) is 0 Å². The largest absolute Gasteiger partial charge is 0.481 e. The lowest BCUT2D eigenvalue weighted by atomic mass is 9.79. The van der Waals surface area contributed by atoms with Crippen LogP contribution in [0.4, 0.5) is 0 Å². The molecule has 3 nitrogen and oxygen atoms in total. The third kappa shape index (κ3) is 4.89. The minimum Gasteiger partial charge on any atom is -0.481 e. The number of nitrogens with two attached hydrogens (primary N) is 1. The van der Waals surface area contributed by atoms with Crippen molar-refractivity contribution in [3.8, 4) is 0 Å². The van der Waals surface area contributed by atoms with Crippen LogP contribution in [-0.4, -0.2) is 29.1 Å². The van der Waals surface area contributed by atoms with Crippen LogP contribution in [-0.2, 0) is 4.79 Å². The van der Waals surface area contributed by atoms with Crippen LogP contribution < -0.4 is 5.73 Å². The lowest BCUT2D eigenvalue weighted by Gasteiger charge is -2.27. The van der Waals surface area contributed by atoms with E-state index in [0.29, 0.717) is 12.8 Å². The summed E-state index contributed by atoms with van der Waals surface area (Å²) in [5, 5.41) is 9.22. The van der Waals surface area contributed by atoms with Crippen molar-refractivity contribution in [2.75, 3.05) is 18.1 Å². The SMILES string of the molecule is CCCC(CN)(CCCSCC)C(=O)O. The Morgan fingerprint density at radius 2 is 2.07 bits per heavy atom. The third-order valence-corrected chi connectivity index (χ3v) is 3.71. The lowest BCUT2D eigenvalue weighted by Crippen LogP contribution is -2.38. The van der Waals surface area contributed by atoms with E-state index < -0.39 is 11.4 Å². The minimum absolute atomic E-state index is 0.257. The maximum Gasteiger partial charge on any atom is 0.310 e. The van der Waals surface area contributed by atoms with Gasteiger partial charge in [-0.05, 0) is 30.8 Å². The second-order valence-electron chi connectivity index (χ2n) is 3.84. The van der Waals surface area contributed by atoms with Crippen LogP contribution in [0.2, 0.25) is 0 Å². The number of carboxylic acids is 1. The minimum atomic E-state index is -0.728. The highest BCUT2D eigenvalue weighted by molar-refractivity contribution is 7.99. The molecule has 1 atom stereocenters. The second kappa shape index (κ2) is 7.99. The number of aliphatic carboxylic acids is 1. The molecule has 0 aliphatic rings. The molecule has 0 rings (SSSR count). The van der Waals surface area contributed by atoms with Crippen LogP contribution >= 0.6 is 11.8 Å². The Morgan fingerprint density at radius 3 is 2.47 bits per heavy atom. The van der Waals surface area contributed by atoms with Gasteiger partial charge in [-0.2, -0.15) is 11.8 Å². The maximum atomic E-state index is 11.2. The monoisotopic (exact) mass is 233 g/mol. The van der Waals surface area contributed by atoms with Crippen LogP contribution in [0, 0.1) is 5.41 Å². The molecule has 0 aliphatic heterocycles. The Bertz CT molecular complexity index is 187. The van der Waals surface area contributed by atoms with E-state index in [2.05, 4.69) is 6.92 Å². The van der Waals surface area contributed by atoms with E-state index in [9.17, 15) is 9.90 Å². The standard InChI is InChI=1S/C11H23NO2S/c1-3-6-11(9-12,10(13)14)7-5-8-15-4-2/h3-9,12H2,1-2H3,(H,13,14). The summed E-state index contributed by atoms with van der Waals surface area (Å²) < 4.78 is 0. The molecular formula is C11H23NO2S. The van der Waals surface area contributed by atoms with Gasteiger partial charge in [-0.1, -0.05) is 20.3 Å². The summed E-state index contributed by atoms with van der Waals surface area (Å²) in [6.45, 7) is 4.38. The molecule has 15 heavy (non-hydrogen) atoms. The summed E-state index contributed by atoms with van der Waals surface area (Å²) in [5.74, 6) is 1.40. The predicted molar refractivity (Wildman–Crippen MR) is 66.3 cm³/mol. The van der Waals surface area contributed by atoms with Crippen molar-refractivity contribution in [2.24, 2.45) is 11.1 Å². The van der Waals surface area contributed by atoms with Crippen LogP contribution in [0.25, 0.3) is 0 Å². The van der Waals surface area contributed by atoms with E-state index in [1.807, 2.05) is 18.7 Å². The Labute approximate surface area is 96.8 Å². The summed E-state index contributed by atoms with van der Waals surface area (Å²) in [7, 11) is 0.